The molecule has 1 N–H and O–H groups in total. The fourth-order valence-electron chi connectivity index (χ4n) is 1.12. The van der Waals surface area contributed by atoms with Gasteiger partial charge in [0.15, 0.2) is 0 Å². The van der Waals surface area contributed by atoms with Crippen molar-refractivity contribution >= 4 is 15.9 Å². The van der Waals surface area contributed by atoms with Crippen LogP contribution in [0.1, 0.15) is 0 Å². The fourth-order valence-corrected chi connectivity index (χ4v) is 1.47. The van der Waals surface area contributed by atoms with Gasteiger partial charge >= 0.3 is 0 Å². The Balaban J connectivity index is 2.53. The largest absolute Gasteiger partial charge is 0.506 e. The first kappa shape index (κ1) is 8.31. The van der Waals surface area contributed by atoms with E-state index in [1.165, 1.54) is 0 Å². The predicted octanol–water partition coefficient (Wildman–Crippen LogP) is 2.34. The van der Waals surface area contributed by atoms with Crippen molar-refractivity contribution in [2.45, 2.75) is 0 Å². The summed E-state index contributed by atoms with van der Waals surface area (Å²) >= 11 is 3.27. The molecule has 0 fully saturated rings. The molecule has 1 heterocycles. The van der Waals surface area contributed by atoms with Crippen LogP contribution in [-0.4, -0.2) is 14.7 Å². The molecule has 0 atom stereocenters. The molecule has 0 aliphatic heterocycles. The van der Waals surface area contributed by atoms with E-state index in [0.29, 0.717) is 0 Å². The first-order chi connectivity index (χ1) is 6.27. The molecule has 4 heteroatoms. The highest BCUT2D eigenvalue weighted by Gasteiger charge is 2.02. The molecule has 0 radical (unpaired) electrons. The first-order valence-corrected chi connectivity index (χ1v) is 4.53. The van der Waals surface area contributed by atoms with Gasteiger partial charge in [-0.05, 0) is 18.2 Å². The third-order valence-corrected chi connectivity index (χ3v) is 2.21. The number of aromatic nitrogens is 2. The number of rotatable bonds is 1. The van der Waals surface area contributed by atoms with Crippen LogP contribution in [0.4, 0.5) is 0 Å². The summed E-state index contributed by atoms with van der Waals surface area (Å²) in [6.07, 6.45) is 5.09. The van der Waals surface area contributed by atoms with Gasteiger partial charge in [0.2, 0.25) is 0 Å². The van der Waals surface area contributed by atoms with Gasteiger partial charge in [0.05, 0.1) is 12.0 Å². The van der Waals surface area contributed by atoms with Gasteiger partial charge in [-0.15, -0.1) is 0 Å². The Kier molecular flexibility index (Phi) is 2.06. The van der Waals surface area contributed by atoms with Crippen LogP contribution < -0.4 is 0 Å². The topological polar surface area (TPSA) is 38.0 Å². The van der Waals surface area contributed by atoms with Crippen LogP contribution in [0.3, 0.4) is 0 Å². The van der Waals surface area contributed by atoms with Crippen molar-refractivity contribution < 1.29 is 5.11 Å². The zero-order chi connectivity index (χ0) is 9.26. The van der Waals surface area contributed by atoms with Crippen LogP contribution in [0, 0.1) is 0 Å². The number of imidazole rings is 1. The molecule has 13 heavy (non-hydrogen) atoms. The van der Waals surface area contributed by atoms with Crippen LogP contribution in [0.25, 0.3) is 5.69 Å². The molecular weight excluding hydrogens is 232 g/mol. The zero-order valence-electron chi connectivity index (χ0n) is 6.68. The van der Waals surface area contributed by atoms with Gasteiger partial charge in [0, 0.05) is 16.9 Å². The number of benzene rings is 1. The lowest BCUT2D eigenvalue weighted by Gasteiger charge is -2.04. The molecule has 0 bridgehead atoms. The van der Waals surface area contributed by atoms with Crippen molar-refractivity contribution in [1.82, 2.24) is 9.55 Å². The quantitative estimate of drug-likeness (QED) is 0.829. The molecule has 0 aliphatic rings. The summed E-state index contributed by atoms with van der Waals surface area (Å²) in [4.78, 5) is 3.90. The Morgan fingerprint density at radius 1 is 1.38 bits per heavy atom. The minimum Gasteiger partial charge on any atom is -0.506 e. The number of hydrogen-bond acceptors (Lipinski definition) is 2. The van der Waals surface area contributed by atoms with Gasteiger partial charge < -0.3 is 9.67 Å². The van der Waals surface area contributed by atoms with Crippen LogP contribution in [0.5, 0.6) is 5.75 Å². The highest BCUT2D eigenvalue weighted by atomic mass is 79.9. The number of aromatic hydroxyl groups is 1. The molecule has 3 nitrogen and oxygen atoms in total. The van der Waals surface area contributed by atoms with Crippen molar-refractivity contribution in [3.05, 3.63) is 41.4 Å². The van der Waals surface area contributed by atoms with Gasteiger partial charge in [-0.3, -0.25) is 0 Å². The maximum Gasteiger partial charge on any atom is 0.140 e. The molecule has 66 valence electrons. The van der Waals surface area contributed by atoms with Crippen molar-refractivity contribution in [2.24, 2.45) is 0 Å². The number of phenols is 1. The van der Waals surface area contributed by atoms with Crippen LogP contribution in [0.15, 0.2) is 41.4 Å². The second kappa shape index (κ2) is 3.22. The van der Waals surface area contributed by atoms with E-state index in [4.69, 9.17) is 0 Å². The van der Waals surface area contributed by atoms with Gasteiger partial charge in [0.25, 0.3) is 0 Å². The van der Waals surface area contributed by atoms with Gasteiger partial charge in [-0.2, -0.15) is 0 Å². The summed E-state index contributed by atoms with van der Waals surface area (Å²) < 4.78 is 2.61. The van der Waals surface area contributed by atoms with Crippen molar-refractivity contribution in [3.63, 3.8) is 0 Å². The van der Waals surface area contributed by atoms with E-state index in [0.717, 1.165) is 10.2 Å². The molecule has 2 rings (SSSR count). The van der Waals surface area contributed by atoms with Crippen LogP contribution in [0.2, 0.25) is 0 Å². The molecular formula is C9H7BrN2O. The van der Waals surface area contributed by atoms with E-state index in [1.54, 1.807) is 29.4 Å². The third kappa shape index (κ3) is 1.58. The maximum absolute atomic E-state index is 9.58. The van der Waals surface area contributed by atoms with E-state index in [-0.39, 0.29) is 5.75 Å². The lowest BCUT2D eigenvalue weighted by Crippen LogP contribution is -1.89. The van der Waals surface area contributed by atoms with E-state index >= 15 is 0 Å². The highest BCUT2D eigenvalue weighted by molar-refractivity contribution is 9.10. The number of hydrogen-bond donors (Lipinski definition) is 1. The van der Waals surface area contributed by atoms with Gasteiger partial charge in [-0.1, -0.05) is 15.9 Å². The van der Waals surface area contributed by atoms with Crippen molar-refractivity contribution in [3.8, 4) is 11.4 Å². The fraction of sp³-hybridized carbons (Fsp3) is 0. The summed E-state index contributed by atoms with van der Waals surface area (Å²) in [6, 6.07) is 5.34. The van der Waals surface area contributed by atoms with Crippen LogP contribution >= 0.6 is 15.9 Å². The second-order valence-electron chi connectivity index (χ2n) is 2.60. The average molecular weight is 239 g/mol. The summed E-state index contributed by atoms with van der Waals surface area (Å²) in [5.74, 6) is 0.229. The van der Waals surface area contributed by atoms with E-state index in [1.807, 2.05) is 12.1 Å². The molecule has 2 aromatic rings. The maximum atomic E-state index is 9.58. The normalized spacial score (nSPS) is 10.2. The standard InChI is InChI=1S/C9H7BrN2O/c10-7-1-2-8(9(13)5-7)12-4-3-11-6-12/h1-6,13H. The Bertz CT molecular complexity index is 412. The molecule has 0 saturated carbocycles. The molecule has 0 spiro atoms. The Morgan fingerprint density at radius 3 is 2.85 bits per heavy atom. The van der Waals surface area contributed by atoms with Crippen LogP contribution in [-0.2, 0) is 0 Å². The molecule has 0 unspecified atom stereocenters. The summed E-state index contributed by atoms with van der Waals surface area (Å²) in [5, 5.41) is 9.58. The van der Waals surface area contributed by atoms with Crippen molar-refractivity contribution in [2.75, 3.05) is 0 Å². The average Bonchev–Trinajstić information content (AvgIpc) is 2.56. The smallest absolute Gasteiger partial charge is 0.140 e. The Morgan fingerprint density at radius 2 is 2.23 bits per heavy atom. The monoisotopic (exact) mass is 238 g/mol. The summed E-state index contributed by atoms with van der Waals surface area (Å²) in [5.41, 5.74) is 0.723. The summed E-state index contributed by atoms with van der Waals surface area (Å²) in [7, 11) is 0. The zero-order valence-corrected chi connectivity index (χ0v) is 8.27. The Labute approximate surface area is 83.8 Å². The highest BCUT2D eigenvalue weighted by Crippen LogP contribution is 2.25. The number of halogens is 1. The molecule has 0 amide bonds. The molecule has 1 aromatic heterocycles. The van der Waals surface area contributed by atoms with E-state index < -0.39 is 0 Å². The Hall–Kier alpha value is -1.29. The third-order valence-electron chi connectivity index (χ3n) is 1.72. The second-order valence-corrected chi connectivity index (χ2v) is 3.52. The lowest BCUT2D eigenvalue weighted by molar-refractivity contribution is 0.472. The number of phenolic OH excluding ortho intramolecular Hbond substituents is 1. The predicted molar refractivity (Wildman–Crippen MR) is 52.9 cm³/mol. The van der Waals surface area contributed by atoms with E-state index in [9.17, 15) is 5.11 Å². The molecule has 1 aromatic carbocycles. The van der Waals surface area contributed by atoms with E-state index in [2.05, 4.69) is 20.9 Å². The minimum absolute atomic E-state index is 0.229. The van der Waals surface area contributed by atoms with Gasteiger partial charge in [0.1, 0.15) is 5.75 Å². The van der Waals surface area contributed by atoms with Gasteiger partial charge in [-0.25, -0.2) is 4.98 Å². The first-order valence-electron chi connectivity index (χ1n) is 3.74. The lowest BCUT2D eigenvalue weighted by atomic mass is 10.3. The SMILES string of the molecule is Oc1cc(Br)ccc1-n1ccnc1. The molecule has 0 aliphatic carbocycles. The number of nitrogens with zero attached hydrogens (tertiary/aromatic N) is 2. The van der Waals surface area contributed by atoms with Crippen molar-refractivity contribution in [1.29, 1.82) is 0 Å². The minimum atomic E-state index is 0.229. The summed E-state index contributed by atoms with van der Waals surface area (Å²) in [6.45, 7) is 0. The molecule has 0 saturated heterocycles.